The maximum absolute atomic E-state index is 11.5. The lowest BCUT2D eigenvalue weighted by Gasteiger charge is -2.08. The first-order chi connectivity index (χ1) is 8.78. The number of urea groups is 1. The van der Waals surface area contributed by atoms with E-state index < -0.39 is 0 Å². The van der Waals surface area contributed by atoms with Crippen LogP contribution in [0.2, 0.25) is 0 Å². The molecule has 1 aliphatic rings. The van der Waals surface area contributed by atoms with Crippen molar-refractivity contribution in [1.82, 2.24) is 10.3 Å². The van der Waals surface area contributed by atoms with Gasteiger partial charge in [-0.1, -0.05) is 0 Å². The summed E-state index contributed by atoms with van der Waals surface area (Å²) in [5.41, 5.74) is 0.686. The van der Waals surface area contributed by atoms with Gasteiger partial charge in [-0.2, -0.15) is 0 Å². The van der Waals surface area contributed by atoms with Gasteiger partial charge in [-0.3, -0.25) is 0 Å². The fourth-order valence-corrected chi connectivity index (χ4v) is 1.43. The van der Waals surface area contributed by atoms with E-state index in [9.17, 15) is 4.79 Å². The summed E-state index contributed by atoms with van der Waals surface area (Å²) in [6, 6.07) is 3.82. The normalized spacial score (nSPS) is 14.1. The number of anilines is 2. The lowest BCUT2D eigenvalue weighted by atomic mass is 10.4. The molecule has 18 heavy (non-hydrogen) atoms. The van der Waals surface area contributed by atoms with Crippen LogP contribution in [0.4, 0.5) is 16.3 Å². The molecule has 0 spiro atoms. The number of carbonyl (C=O) groups excluding carboxylic acids is 1. The Balaban J connectivity index is 1.77. The monoisotopic (exact) mass is 250 g/mol. The summed E-state index contributed by atoms with van der Waals surface area (Å²) in [6.07, 6.45) is 3.78. The van der Waals surface area contributed by atoms with Crippen LogP contribution in [0.5, 0.6) is 0 Å². The molecule has 1 aromatic heterocycles. The highest BCUT2D eigenvalue weighted by Crippen LogP contribution is 2.18. The molecule has 98 valence electrons. The van der Waals surface area contributed by atoms with Crippen molar-refractivity contribution in [3.05, 3.63) is 18.3 Å². The number of pyridine rings is 1. The van der Waals surface area contributed by atoms with Crippen LogP contribution in [0.3, 0.4) is 0 Å². The summed E-state index contributed by atoms with van der Waals surface area (Å²) in [5, 5.41) is 8.70. The summed E-state index contributed by atoms with van der Waals surface area (Å²) in [6.45, 7) is 1.34. The standard InChI is InChI=1S/C12H18N4O2/c1-18-7-6-13-11-5-4-10(8-14-11)16-12(17)15-9-2-3-9/h4-5,8-9H,2-3,6-7H2,1H3,(H,13,14)(H2,15,16,17). The predicted octanol–water partition coefficient (Wildman–Crippen LogP) is 1.42. The Bertz CT molecular complexity index is 390. The number of rotatable bonds is 6. The molecule has 2 rings (SSSR count). The molecular formula is C12H18N4O2. The number of hydrogen-bond donors (Lipinski definition) is 3. The second-order valence-electron chi connectivity index (χ2n) is 4.22. The van der Waals surface area contributed by atoms with Crippen molar-refractivity contribution in [2.24, 2.45) is 0 Å². The number of methoxy groups -OCH3 is 1. The molecule has 1 heterocycles. The smallest absolute Gasteiger partial charge is 0.319 e. The molecule has 3 N–H and O–H groups in total. The van der Waals surface area contributed by atoms with E-state index in [2.05, 4.69) is 20.9 Å². The highest BCUT2D eigenvalue weighted by Gasteiger charge is 2.23. The van der Waals surface area contributed by atoms with Gasteiger partial charge in [0.2, 0.25) is 0 Å². The first-order valence-electron chi connectivity index (χ1n) is 6.04. The molecular weight excluding hydrogens is 232 g/mol. The summed E-state index contributed by atoms with van der Waals surface area (Å²) >= 11 is 0. The SMILES string of the molecule is COCCNc1ccc(NC(=O)NC2CC2)cn1. The average Bonchev–Trinajstić information content (AvgIpc) is 3.15. The molecule has 1 aliphatic carbocycles. The summed E-state index contributed by atoms with van der Waals surface area (Å²) in [7, 11) is 1.65. The van der Waals surface area contributed by atoms with E-state index in [4.69, 9.17) is 4.74 Å². The zero-order valence-electron chi connectivity index (χ0n) is 10.4. The lowest BCUT2D eigenvalue weighted by Crippen LogP contribution is -2.30. The Morgan fingerprint density at radius 2 is 2.33 bits per heavy atom. The van der Waals surface area contributed by atoms with Crippen LogP contribution in [-0.4, -0.2) is 37.3 Å². The van der Waals surface area contributed by atoms with Gasteiger partial charge in [-0.25, -0.2) is 9.78 Å². The van der Waals surface area contributed by atoms with Gasteiger partial charge in [0.1, 0.15) is 5.82 Å². The molecule has 1 fully saturated rings. The molecule has 0 aliphatic heterocycles. The number of hydrogen-bond acceptors (Lipinski definition) is 4. The highest BCUT2D eigenvalue weighted by molar-refractivity contribution is 5.89. The number of nitrogens with zero attached hydrogens (tertiary/aromatic N) is 1. The van der Waals surface area contributed by atoms with E-state index in [1.165, 1.54) is 0 Å². The van der Waals surface area contributed by atoms with Crippen LogP contribution in [0, 0.1) is 0 Å². The van der Waals surface area contributed by atoms with Crippen LogP contribution in [0.1, 0.15) is 12.8 Å². The van der Waals surface area contributed by atoms with Gasteiger partial charge in [0, 0.05) is 19.7 Å². The van der Waals surface area contributed by atoms with E-state index in [1.807, 2.05) is 12.1 Å². The van der Waals surface area contributed by atoms with Crippen molar-refractivity contribution in [2.75, 3.05) is 30.9 Å². The third-order valence-electron chi connectivity index (χ3n) is 2.55. The number of ether oxygens (including phenoxy) is 1. The van der Waals surface area contributed by atoms with Crippen molar-refractivity contribution in [3.63, 3.8) is 0 Å². The maximum Gasteiger partial charge on any atom is 0.319 e. The van der Waals surface area contributed by atoms with Crippen molar-refractivity contribution >= 4 is 17.5 Å². The molecule has 0 saturated heterocycles. The first kappa shape index (κ1) is 12.6. The Hall–Kier alpha value is -1.82. The van der Waals surface area contributed by atoms with Gasteiger partial charge in [-0.05, 0) is 25.0 Å². The van der Waals surface area contributed by atoms with Crippen LogP contribution in [0.25, 0.3) is 0 Å². The Morgan fingerprint density at radius 3 is 2.94 bits per heavy atom. The Morgan fingerprint density at radius 1 is 1.50 bits per heavy atom. The van der Waals surface area contributed by atoms with Crippen LogP contribution in [0.15, 0.2) is 18.3 Å². The Kier molecular flexibility index (Phi) is 4.35. The molecule has 6 heteroatoms. The summed E-state index contributed by atoms with van der Waals surface area (Å²) in [4.78, 5) is 15.7. The minimum atomic E-state index is -0.167. The van der Waals surface area contributed by atoms with Crippen molar-refractivity contribution in [3.8, 4) is 0 Å². The number of nitrogens with one attached hydrogen (secondary N) is 3. The highest BCUT2D eigenvalue weighted by atomic mass is 16.5. The molecule has 0 unspecified atom stereocenters. The lowest BCUT2D eigenvalue weighted by molar-refractivity contribution is 0.210. The molecule has 1 aromatic rings. The fourth-order valence-electron chi connectivity index (χ4n) is 1.43. The molecule has 6 nitrogen and oxygen atoms in total. The minimum Gasteiger partial charge on any atom is -0.383 e. The molecule has 2 amide bonds. The number of amides is 2. The zero-order valence-corrected chi connectivity index (χ0v) is 10.4. The first-order valence-corrected chi connectivity index (χ1v) is 6.04. The van der Waals surface area contributed by atoms with E-state index >= 15 is 0 Å². The maximum atomic E-state index is 11.5. The quantitative estimate of drug-likeness (QED) is 0.667. The van der Waals surface area contributed by atoms with Gasteiger partial charge in [0.05, 0.1) is 18.5 Å². The topological polar surface area (TPSA) is 75.3 Å². The average molecular weight is 250 g/mol. The number of aromatic nitrogens is 1. The van der Waals surface area contributed by atoms with Gasteiger partial charge < -0.3 is 20.7 Å². The van der Waals surface area contributed by atoms with Crippen molar-refractivity contribution in [1.29, 1.82) is 0 Å². The molecule has 0 atom stereocenters. The van der Waals surface area contributed by atoms with E-state index in [1.54, 1.807) is 13.3 Å². The molecule has 0 bridgehead atoms. The minimum absolute atomic E-state index is 0.167. The van der Waals surface area contributed by atoms with Gasteiger partial charge >= 0.3 is 6.03 Å². The largest absolute Gasteiger partial charge is 0.383 e. The van der Waals surface area contributed by atoms with Crippen LogP contribution < -0.4 is 16.0 Å². The molecule has 0 radical (unpaired) electrons. The number of carbonyl (C=O) groups is 1. The third-order valence-corrected chi connectivity index (χ3v) is 2.55. The van der Waals surface area contributed by atoms with Crippen LogP contribution in [-0.2, 0) is 4.74 Å². The fraction of sp³-hybridized carbons (Fsp3) is 0.500. The van der Waals surface area contributed by atoms with Gasteiger partial charge in [0.15, 0.2) is 0 Å². The Labute approximate surface area is 106 Å². The zero-order chi connectivity index (χ0) is 12.8. The van der Waals surface area contributed by atoms with Gasteiger partial charge in [0.25, 0.3) is 0 Å². The van der Waals surface area contributed by atoms with Gasteiger partial charge in [-0.15, -0.1) is 0 Å². The molecule has 1 saturated carbocycles. The molecule has 0 aromatic carbocycles. The van der Waals surface area contributed by atoms with Crippen molar-refractivity contribution in [2.45, 2.75) is 18.9 Å². The van der Waals surface area contributed by atoms with E-state index in [-0.39, 0.29) is 6.03 Å². The third kappa shape index (κ3) is 4.21. The van der Waals surface area contributed by atoms with E-state index in [0.29, 0.717) is 24.9 Å². The van der Waals surface area contributed by atoms with Crippen LogP contribution >= 0.6 is 0 Å². The second-order valence-corrected chi connectivity index (χ2v) is 4.22. The second kappa shape index (κ2) is 6.20. The predicted molar refractivity (Wildman–Crippen MR) is 69.8 cm³/mol. The van der Waals surface area contributed by atoms with Crippen molar-refractivity contribution < 1.29 is 9.53 Å². The summed E-state index contributed by atoms with van der Waals surface area (Å²) < 4.78 is 4.93. The summed E-state index contributed by atoms with van der Waals surface area (Å²) in [5.74, 6) is 0.764. The van der Waals surface area contributed by atoms with E-state index in [0.717, 1.165) is 18.7 Å².